The molecule has 16 heavy (non-hydrogen) atoms. The van der Waals surface area contributed by atoms with Crippen LogP contribution in [0.25, 0.3) is 0 Å². The Morgan fingerprint density at radius 1 is 1.50 bits per heavy atom. The number of hydrogen-bond acceptors (Lipinski definition) is 4. The molecule has 1 amide bonds. The third-order valence-corrected chi connectivity index (χ3v) is 3.68. The van der Waals surface area contributed by atoms with Crippen molar-refractivity contribution in [2.45, 2.75) is 31.1 Å². The van der Waals surface area contributed by atoms with E-state index in [0.29, 0.717) is 17.8 Å². The number of carbonyl (C=O) groups is 1. The van der Waals surface area contributed by atoms with Gasteiger partial charge < -0.3 is 15.4 Å². The van der Waals surface area contributed by atoms with Crippen LogP contribution in [-0.2, 0) is 9.53 Å². The fourth-order valence-electron chi connectivity index (χ4n) is 1.59. The number of carbonyl (C=O) groups excluding carboxylic acids is 1. The van der Waals surface area contributed by atoms with E-state index in [-0.39, 0.29) is 5.91 Å². The zero-order valence-electron chi connectivity index (χ0n) is 10.1. The molecule has 1 atom stereocenters. The Morgan fingerprint density at radius 2 is 2.19 bits per heavy atom. The van der Waals surface area contributed by atoms with Crippen LogP contribution in [0.4, 0.5) is 0 Å². The number of nitrogens with one attached hydrogen (secondary N) is 2. The van der Waals surface area contributed by atoms with Crippen LogP contribution in [0.15, 0.2) is 0 Å². The summed E-state index contributed by atoms with van der Waals surface area (Å²) in [4.78, 5) is 11.6. The van der Waals surface area contributed by atoms with Crippen molar-refractivity contribution >= 4 is 17.7 Å². The highest BCUT2D eigenvalue weighted by Crippen LogP contribution is 2.05. The molecule has 2 N–H and O–H groups in total. The predicted molar refractivity (Wildman–Crippen MR) is 67.8 cm³/mol. The van der Waals surface area contributed by atoms with Gasteiger partial charge in [0.05, 0.1) is 6.54 Å². The molecule has 0 aromatic rings. The largest absolute Gasteiger partial charge is 0.381 e. The summed E-state index contributed by atoms with van der Waals surface area (Å²) >= 11 is 1.80. The lowest BCUT2D eigenvalue weighted by atomic mass is 10.1. The topological polar surface area (TPSA) is 50.4 Å². The van der Waals surface area contributed by atoms with Gasteiger partial charge in [-0.15, -0.1) is 0 Å². The molecule has 1 heterocycles. The van der Waals surface area contributed by atoms with Gasteiger partial charge in [-0.2, -0.15) is 11.8 Å². The minimum atomic E-state index is 0.0974. The van der Waals surface area contributed by atoms with Gasteiger partial charge in [-0.3, -0.25) is 4.79 Å². The van der Waals surface area contributed by atoms with E-state index in [1.165, 1.54) is 0 Å². The molecular formula is C11H22N2O2S. The van der Waals surface area contributed by atoms with E-state index in [9.17, 15) is 4.79 Å². The van der Waals surface area contributed by atoms with Crippen LogP contribution in [0.5, 0.6) is 0 Å². The molecule has 0 radical (unpaired) electrons. The van der Waals surface area contributed by atoms with Crippen molar-refractivity contribution < 1.29 is 9.53 Å². The van der Waals surface area contributed by atoms with Gasteiger partial charge in [-0.25, -0.2) is 0 Å². The molecule has 1 aliphatic heterocycles. The molecule has 0 aromatic heterocycles. The lowest BCUT2D eigenvalue weighted by Crippen LogP contribution is -2.43. The van der Waals surface area contributed by atoms with Crippen molar-refractivity contribution in [2.75, 3.05) is 32.6 Å². The molecule has 94 valence electrons. The summed E-state index contributed by atoms with van der Waals surface area (Å²) in [6.07, 6.45) is 3.95. The van der Waals surface area contributed by atoms with Crippen LogP contribution < -0.4 is 10.6 Å². The summed E-state index contributed by atoms with van der Waals surface area (Å²) in [7, 11) is 0. The van der Waals surface area contributed by atoms with E-state index in [4.69, 9.17) is 4.74 Å². The van der Waals surface area contributed by atoms with Crippen molar-refractivity contribution in [3.05, 3.63) is 0 Å². The maximum Gasteiger partial charge on any atom is 0.234 e. The monoisotopic (exact) mass is 246 g/mol. The highest BCUT2D eigenvalue weighted by molar-refractivity contribution is 7.99. The average molecular weight is 246 g/mol. The van der Waals surface area contributed by atoms with Gasteiger partial charge in [0.2, 0.25) is 5.91 Å². The third-order valence-electron chi connectivity index (χ3n) is 2.71. The van der Waals surface area contributed by atoms with Crippen molar-refractivity contribution in [1.82, 2.24) is 10.6 Å². The van der Waals surface area contributed by atoms with E-state index >= 15 is 0 Å². The van der Waals surface area contributed by atoms with Gasteiger partial charge in [0, 0.05) is 31.1 Å². The van der Waals surface area contributed by atoms with E-state index < -0.39 is 0 Å². The fourth-order valence-corrected chi connectivity index (χ4v) is 1.88. The van der Waals surface area contributed by atoms with Gasteiger partial charge in [-0.1, -0.05) is 6.92 Å². The number of amides is 1. The molecular weight excluding hydrogens is 224 g/mol. The Balaban J connectivity index is 2.05. The number of hydrogen-bond donors (Lipinski definition) is 2. The Labute approximate surface area is 102 Å². The van der Waals surface area contributed by atoms with Gasteiger partial charge in [-0.05, 0) is 19.1 Å². The molecule has 1 saturated heterocycles. The molecule has 1 unspecified atom stereocenters. The second kappa shape index (κ2) is 7.92. The van der Waals surface area contributed by atoms with Gasteiger partial charge >= 0.3 is 0 Å². The molecule has 0 saturated carbocycles. The van der Waals surface area contributed by atoms with Crippen molar-refractivity contribution in [1.29, 1.82) is 0 Å². The van der Waals surface area contributed by atoms with E-state index in [1.54, 1.807) is 11.8 Å². The Bertz CT molecular complexity index is 208. The first kappa shape index (κ1) is 13.8. The minimum absolute atomic E-state index is 0.0974. The number of ether oxygens (including phenoxy) is 1. The van der Waals surface area contributed by atoms with Crippen LogP contribution in [0.2, 0.25) is 0 Å². The van der Waals surface area contributed by atoms with Crippen LogP contribution in [-0.4, -0.2) is 49.8 Å². The number of thioether (sulfide) groups is 1. The second-order valence-electron chi connectivity index (χ2n) is 4.13. The van der Waals surface area contributed by atoms with Crippen LogP contribution in [0, 0.1) is 0 Å². The SMILES string of the molecule is CSC(C)CNCC(=O)NC1CCOCC1. The van der Waals surface area contributed by atoms with Crippen molar-refractivity contribution in [3.8, 4) is 0 Å². The van der Waals surface area contributed by atoms with Gasteiger partial charge in [0.15, 0.2) is 0 Å². The zero-order valence-corrected chi connectivity index (χ0v) is 10.9. The summed E-state index contributed by atoms with van der Waals surface area (Å²) in [6, 6.07) is 0.307. The smallest absolute Gasteiger partial charge is 0.234 e. The van der Waals surface area contributed by atoms with E-state index in [0.717, 1.165) is 32.6 Å². The summed E-state index contributed by atoms with van der Waals surface area (Å²) in [6.45, 7) is 4.97. The predicted octanol–water partition coefficient (Wildman–Crippen LogP) is 0.623. The van der Waals surface area contributed by atoms with Gasteiger partial charge in [0.1, 0.15) is 0 Å². The minimum Gasteiger partial charge on any atom is -0.381 e. The van der Waals surface area contributed by atoms with Crippen molar-refractivity contribution in [2.24, 2.45) is 0 Å². The molecule has 0 aliphatic carbocycles. The maximum absolute atomic E-state index is 11.6. The average Bonchev–Trinajstić information content (AvgIpc) is 2.30. The zero-order chi connectivity index (χ0) is 11.8. The Morgan fingerprint density at radius 3 is 2.81 bits per heavy atom. The lowest BCUT2D eigenvalue weighted by Gasteiger charge is -2.23. The van der Waals surface area contributed by atoms with Crippen LogP contribution in [0.1, 0.15) is 19.8 Å². The molecule has 5 heteroatoms. The molecule has 1 aliphatic rings. The quantitative estimate of drug-likeness (QED) is 0.721. The summed E-state index contributed by atoms with van der Waals surface area (Å²) in [5, 5.41) is 6.74. The first-order valence-electron chi connectivity index (χ1n) is 5.83. The standard InChI is InChI=1S/C11H22N2O2S/c1-9(16-2)7-12-8-11(14)13-10-3-5-15-6-4-10/h9-10,12H,3-8H2,1-2H3,(H,13,14). The normalized spacial score (nSPS) is 19.4. The van der Waals surface area contributed by atoms with E-state index in [1.807, 2.05) is 0 Å². The summed E-state index contributed by atoms with van der Waals surface area (Å²) < 4.78 is 5.24. The van der Waals surface area contributed by atoms with Crippen LogP contribution in [0.3, 0.4) is 0 Å². The molecule has 1 fully saturated rings. The molecule has 0 spiro atoms. The highest BCUT2D eigenvalue weighted by Gasteiger charge is 2.15. The first-order valence-corrected chi connectivity index (χ1v) is 7.11. The highest BCUT2D eigenvalue weighted by atomic mass is 32.2. The summed E-state index contributed by atoms with van der Waals surface area (Å²) in [5.74, 6) is 0.0974. The molecule has 0 bridgehead atoms. The molecule has 0 aromatic carbocycles. The molecule has 4 nitrogen and oxygen atoms in total. The Hall–Kier alpha value is -0.260. The van der Waals surface area contributed by atoms with Crippen LogP contribution >= 0.6 is 11.8 Å². The molecule has 1 rings (SSSR count). The van der Waals surface area contributed by atoms with Gasteiger partial charge in [0.25, 0.3) is 0 Å². The van der Waals surface area contributed by atoms with Crippen molar-refractivity contribution in [3.63, 3.8) is 0 Å². The Kier molecular flexibility index (Phi) is 6.84. The second-order valence-corrected chi connectivity index (χ2v) is 5.41. The lowest BCUT2D eigenvalue weighted by molar-refractivity contribution is -0.121. The number of rotatable bonds is 6. The third kappa shape index (κ3) is 5.72. The fraction of sp³-hybridized carbons (Fsp3) is 0.909. The first-order chi connectivity index (χ1) is 7.72. The maximum atomic E-state index is 11.6. The summed E-state index contributed by atoms with van der Waals surface area (Å²) in [5.41, 5.74) is 0. The van der Waals surface area contributed by atoms with E-state index in [2.05, 4.69) is 23.8 Å².